The van der Waals surface area contributed by atoms with Crippen molar-refractivity contribution in [2.24, 2.45) is 0 Å². The van der Waals surface area contributed by atoms with Crippen LogP contribution in [0.15, 0.2) is 17.8 Å². The maximum Gasteiger partial charge on any atom is 0.352 e. The molecule has 22 heavy (non-hydrogen) atoms. The van der Waals surface area contributed by atoms with E-state index in [1.54, 1.807) is 12.1 Å². The molecule has 0 aliphatic carbocycles. The molecule has 6 nitrogen and oxygen atoms in total. The molecule has 0 atom stereocenters. The first-order chi connectivity index (χ1) is 10.2. The van der Waals surface area contributed by atoms with E-state index in [0.29, 0.717) is 17.1 Å². The quantitative estimate of drug-likeness (QED) is 0.547. The van der Waals surface area contributed by atoms with E-state index in [-0.39, 0.29) is 11.8 Å². The van der Waals surface area contributed by atoms with E-state index in [4.69, 9.17) is 14.6 Å². The summed E-state index contributed by atoms with van der Waals surface area (Å²) in [5.41, 5.74) is 0.381. The predicted molar refractivity (Wildman–Crippen MR) is 90.9 cm³/mol. The van der Waals surface area contributed by atoms with Gasteiger partial charge in [0, 0.05) is 6.92 Å². The number of halogens is 1. The molecule has 0 heterocycles. The van der Waals surface area contributed by atoms with Gasteiger partial charge in [-0.15, -0.1) is 0 Å². The van der Waals surface area contributed by atoms with Gasteiger partial charge in [-0.2, -0.15) is 0 Å². The summed E-state index contributed by atoms with van der Waals surface area (Å²) in [5, 5.41) is 11.4. The van der Waals surface area contributed by atoms with E-state index in [9.17, 15) is 9.59 Å². The van der Waals surface area contributed by atoms with Gasteiger partial charge in [-0.05, 0) is 60.2 Å². The Labute approximate surface area is 142 Å². The van der Waals surface area contributed by atoms with Crippen molar-refractivity contribution >= 4 is 40.5 Å². The molecular weight excluding hydrogens is 401 g/mol. The lowest BCUT2D eigenvalue weighted by Gasteiger charge is -2.16. The van der Waals surface area contributed by atoms with Crippen molar-refractivity contribution in [3.05, 3.63) is 27.0 Å². The third-order valence-corrected chi connectivity index (χ3v) is 3.26. The molecule has 2 N–H and O–H groups in total. The second-order valence-corrected chi connectivity index (χ2v) is 5.91. The highest BCUT2D eigenvalue weighted by atomic mass is 127. The summed E-state index contributed by atoms with van der Waals surface area (Å²) < 4.78 is 11.8. The molecule has 1 aromatic rings. The predicted octanol–water partition coefficient (Wildman–Crippen LogP) is 2.65. The molecule has 1 aromatic carbocycles. The van der Waals surface area contributed by atoms with Crippen LogP contribution >= 0.6 is 22.6 Å². The van der Waals surface area contributed by atoms with E-state index in [1.807, 2.05) is 13.8 Å². The maximum atomic E-state index is 11.2. The Kier molecular flexibility index (Phi) is 6.66. The average molecular weight is 419 g/mol. The number of amides is 1. The van der Waals surface area contributed by atoms with Gasteiger partial charge in [-0.25, -0.2) is 4.79 Å². The third kappa shape index (κ3) is 5.21. The second kappa shape index (κ2) is 8.02. The lowest BCUT2D eigenvalue weighted by molar-refractivity contribution is -0.134. The van der Waals surface area contributed by atoms with Crippen molar-refractivity contribution in [2.75, 3.05) is 7.11 Å². The molecule has 0 radical (unpaired) electrons. The van der Waals surface area contributed by atoms with E-state index in [1.165, 1.54) is 20.1 Å². The van der Waals surface area contributed by atoms with E-state index >= 15 is 0 Å². The zero-order valence-corrected chi connectivity index (χ0v) is 14.9. The number of benzene rings is 1. The topological polar surface area (TPSA) is 84.9 Å². The number of ether oxygens (including phenoxy) is 2. The average Bonchev–Trinajstić information content (AvgIpc) is 2.39. The molecule has 7 heteroatoms. The summed E-state index contributed by atoms with van der Waals surface area (Å²) in [6, 6.07) is 3.41. The van der Waals surface area contributed by atoms with Crippen molar-refractivity contribution < 1.29 is 24.2 Å². The lowest BCUT2D eigenvalue weighted by Crippen LogP contribution is -2.24. The Morgan fingerprint density at radius 1 is 1.36 bits per heavy atom. The molecule has 1 rings (SSSR count). The number of hydrogen-bond donors (Lipinski definition) is 2. The number of rotatable bonds is 6. The van der Waals surface area contributed by atoms with Crippen LogP contribution in [0.5, 0.6) is 11.5 Å². The van der Waals surface area contributed by atoms with Gasteiger partial charge in [0.2, 0.25) is 5.91 Å². The summed E-state index contributed by atoms with van der Waals surface area (Å²) in [5.74, 6) is -0.562. The van der Waals surface area contributed by atoms with Gasteiger partial charge in [-0.1, -0.05) is 0 Å². The van der Waals surface area contributed by atoms with Crippen molar-refractivity contribution in [3.8, 4) is 11.5 Å². The molecule has 0 fully saturated rings. The molecule has 0 aliphatic rings. The van der Waals surface area contributed by atoms with Gasteiger partial charge >= 0.3 is 5.97 Å². The highest BCUT2D eigenvalue weighted by Gasteiger charge is 2.14. The summed E-state index contributed by atoms with van der Waals surface area (Å²) in [7, 11) is 1.51. The van der Waals surface area contributed by atoms with Crippen molar-refractivity contribution in [1.82, 2.24) is 5.32 Å². The van der Waals surface area contributed by atoms with E-state index in [0.717, 1.165) is 3.57 Å². The number of carbonyl (C=O) groups excluding carboxylic acids is 1. The summed E-state index contributed by atoms with van der Waals surface area (Å²) in [4.78, 5) is 22.2. The standard InChI is InChI=1S/C15H18INO5/c1-8(2)22-14-11(16)5-10(7-13(14)21-4)6-12(15(19)20)17-9(3)18/h5-8H,1-4H3,(H,17,18)(H,19,20). The summed E-state index contributed by atoms with van der Waals surface area (Å²) in [6.07, 6.45) is 1.35. The molecule has 0 aromatic heterocycles. The van der Waals surface area contributed by atoms with Crippen LogP contribution in [-0.2, 0) is 9.59 Å². The molecule has 0 unspecified atom stereocenters. The van der Waals surface area contributed by atoms with Gasteiger partial charge in [0.1, 0.15) is 5.70 Å². The Balaban J connectivity index is 3.28. The van der Waals surface area contributed by atoms with Gasteiger partial charge in [0.25, 0.3) is 0 Å². The zero-order chi connectivity index (χ0) is 16.9. The van der Waals surface area contributed by atoms with E-state index in [2.05, 4.69) is 27.9 Å². The number of methoxy groups -OCH3 is 1. The van der Waals surface area contributed by atoms with Crippen molar-refractivity contribution in [3.63, 3.8) is 0 Å². The normalized spacial score (nSPS) is 11.3. The van der Waals surface area contributed by atoms with Gasteiger partial charge in [0.15, 0.2) is 11.5 Å². The van der Waals surface area contributed by atoms with Crippen molar-refractivity contribution in [1.29, 1.82) is 0 Å². The highest BCUT2D eigenvalue weighted by molar-refractivity contribution is 14.1. The van der Waals surface area contributed by atoms with Crippen LogP contribution in [-0.4, -0.2) is 30.2 Å². The Hall–Kier alpha value is -1.77. The third-order valence-electron chi connectivity index (χ3n) is 2.46. The van der Waals surface area contributed by atoms with Gasteiger partial charge in [-0.3, -0.25) is 4.79 Å². The Bertz CT molecular complexity index is 610. The van der Waals surface area contributed by atoms with Gasteiger partial charge in [0.05, 0.1) is 16.8 Å². The molecule has 0 bridgehead atoms. The fraction of sp³-hybridized carbons (Fsp3) is 0.333. The molecule has 1 amide bonds. The van der Waals surface area contributed by atoms with E-state index < -0.39 is 11.9 Å². The zero-order valence-electron chi connectivity index (χ0n) is 12.8. The SMILES string of the molecule is COc1cc(C=C(NC(C)=O)C(=O)O)cc(I)c1OC(C)C. The molecule has 0 spiro atoms. The van der Waals surface area contributed by atoms with Crippen LogP contribution in [0.25, 0.3) is 6.08 Å². The number of hydrogen-bond acceptors (Lipinski definition) is 4. The first-order valence-electron chi connectivity index (χ1n) is 6.51. The minimum atomic E-state index is -1.22. The number of carboxylic acid groups (broad SMARTS) is 1. The van der Waals surface area contributed by atoms with Crippen LogP contribution < -0.4 is 14.8 Å². The molecule has 120 valence electrons. The number of carboxylic acids is 1. The van der Waals surface area contributed by atoms with Crippen LogP contribution in [0.3, 0.4) is 0 Å². The number of nitrogens with one attached hydrogen (secondary N) is 1. The first-order valence-corrected chi connectivity index (χ1v) is 7.59. The fourth-order valence-corrected chi connectivity index (χ4v) is 2.43. The molecule has 0 saturated heterocycles. The number of carbonyl (C=O) groups is 2. The van der Waals surface area contributed by atoms with Crippen LogP contribution in [0, 0.1) is 3.57 Å². The molecule has 0 aliphatic heterocycles. The molecular formula is C15H18INO5. The van der Waals surface area contributed by atoms with Gasteiger partial charge < -0.3 is 19.9 Å². The first kappa shape index (κ1) is 18.3. The minimum Gasteiger partial charge on any atom is -0.493 e. The monoisotopic (exact) mass is 419 g/mol. The van der Waals surface area contributed by atoms with Crippen LogP contribution in [0.2, 0.25) is 0 Å². The summed E-state index contributed by atoms with van der Waals surface area (Å²) in [6.45, 7) is 5.06. The largest absolute Gasteiger partial charge is 0.493 e. The fourth-order valence-electron chi connectivity index (χ4n) is 1.68. The smallest absolute Gasteiger partial charge is 0.352 e. The highest BCUT2D eigenvalue weighted by Crippen LogP contribution is 2.35. The minimum absolute atomic E-state index is 0.0160. The van der Waals surface area contributed by atoms with Crippen LogP contribution in [0.4, 0.5) is 0 Å². The van der Waals surface area contributed by atoms with Crippen molar-refractivity contribution in [2.45, 2.75) is 26.9 Å². The number of aliphatic carboxylic acids is 1. The molecule has 0 saturated carbocycles. The second-order valence-electron chi connectivity index (χ2n) is 4.75. The summed E-state index contributed by atoms with van der Waals surface area (Å²) >= 11 is 2.09. The van der Waals surface area contributed by atoms with Crippen LogP contribution in [0.1, 0.15) is 26.3 Å². The Morgan fingerprint density at radius 2 is 2.00 bits per heavy atom. The maximum absolute atomic E-state index is 11.2. The lowest BCUT2D eigenvalue weighted by atomic mass is 10.1. The Morgan fingerprint density at radius 3 is 2.45 bits per heavy atom.